The van der Waals surface area contributed by atoms with E-state index in [4.69, 9.17) is 0 Å². The molecule has 1 unspecified atom stereocenters. The summed E-state index contributed by atoms with van der Waals surface area (Å²) in [6.07, 6.45) is 0. The quantitative estimate of drug-likeness (QED) is 0.839. The molecule has 0 heterocycles. The van der Waals surface area contributed by atoms with E-state index in [9.17, 15) is 4.39 Å². The molecule has 0 aliphatic heterocycles. The standard InChI is InChI=1S/C15H15BrFNS/c1-10(18-2)15-13(17)7-4-8-14(15)19-12-6-3-5-11(16)9-12/h3-10,18H,1-2H3. The SMILES string of the molecule is CNC(C)c1c(F)cccc1Sc1cccc(Br)c1. The van der Waals surface area contributed by atoms with Gasteiger partial charge in [-0.25, -0.2) is 4.39 Å². The molecule has 0 saturated carbocycles. The zero-order valence-electron chi connectivity index (χ0n) is 10.8. The minimum absolute atomic E-state index is 0.0177. The second-order valence-electron chi connectivity index (χ2n) is 4.22. The van der Waals surface area contributed by atoms with Crippen LogP contribution in [0.2, 0.25) is 0 Å². The second-order valence-corrected chi connectivity index (χ2v) is 6.25. The minimum atomic E-state index is -0.165. The highest BCUT2D eigenvalue weighted by Crippen LogP contribution is 2.35. The molecule has 1 nitrogen and oxygen atoms in total. The maximum atomic E-state index is 14.0. The van der Waals surface area contributed by atoms with Crippen molar-refractivity contribution in [2.75, 3.05) is 7.05 Å². The number of hydrogen-bond acceptors (Lipinski definition) is 2. The first-order valence-corrected chi connectivity index (χ1v) is 7.62. The molecule has 0 spiro atoms. The van der Waals surface area contributed by atoms with Crippen LogP contribution in [0.25, 0.3) is 0 Å². The summed E-state index contributed by atoms with van der Waals surface area (Å²) in [6, 6.07) is 13.2. The van der Waals surface area contributed by atoms with Crippen LogP contribution in [0.5, 0.6) is 0 Å². The minimum Gasteiger partial charge on any atom is -0.313 e. The third-order valence-corrected chi connectivity index (χ3v) is 4.46. The Hall–Kier alpha value is -0.840. The van der Waals surface area contributed by atoms with E-state index in [0.717, 1.165) is 19.8 Å². The van der Waals surface area contributed by atoms with E-state index in [1.165, 1.54) is 6.07 Å². The Bertz CT molecular complexity index is 574. The molecular weight excluding hydrogens is 325 g/mol. The van der Waals surface area contributed by atoms with E-state index in [1.54, 1.807) is 17.8 Å². The first kappa shape index (κ1) is 14.6. The monoisotopic (exact) mass is 339 g/mol. The fourth-order valence-electron chi connectivity index (χ4n) is 1.83. The van der Waals surface area contributed by atoms with Gasteiger partial charge < -0.3 is 5.32 Å². The van der Waals surface area contributed by atoms with E-state index in [0.29, 0.717) is 0 Å². The molecule has 2 aromatic carbocycles. The van der Waals surface area contributed by atoms with Crippen molar-refractivity contribution in [2.45, 2.75) is 22.8 Å². The molecule has 19 heavy (non-hydrogen) atoms. The largest absolute Gasteiger partial charge is 0.313 e. The normalized spacial score (nSPS) is 12.4. The van der Waals surface area contributed by atoms with Crippen molar-refractivity contribution < 1.29 is 4.39 Å². The van der Waals surface area contributed by atoms with Crippen molar-refractivity contribution in [1.29, 1.82) is 0 Å². The molecule has 0 aliphatic rings. The fraction of sp³-hybridized carbons (Fsp3) is 0.200. The zero-order valence-corrected chi connectivity index (χ0v) is 13.2. The Morgan fingerprint density at radius 3 is 2.63 bits per heavy atom. The van der Waals surface area contributed by atoms with Crippen LogP contribution < -0.4 is 5.32 Å². The summed E-state index contributed by atoms with van der Waals surface area (Å²) in [5.41, 5.74) is 0.718. The van der Waals surface area contributed by atoms with Crippen molar-refractivity contribution in [3.63, 3.8) is 0 Å². The molecule has 0 amide bonds. The molecule has 100 valence electrons. The van der Waals surface area contributed by atoms with Crippen molar-refractivity contribution in [3.8, 4) is 0 Å². The summed E-state index contributed by atoms with van der Waals surface area (Å²) in [7, 11) is 1.84. The van der Waals surface area contributed by atoms with Gasteiger partial charge in [-0.05, 0) is 44.3 Å². The van der Waals surface area contributed by atoms with Crippen LogP contribution in [0.1, 0.15) is 18.5 Å². The molecule has 2 aromatic rings. The summed E-state index contributed by atoms with van der Waals surface area (Å²) in [5.74, 6) is -0.165. The number of rotatable bonds is 4. The second kappa shape index (κ2) is 6.55. The lowest BCUT2D eigenvalue weighted by Crippen LogP contribution is -2.14. The maximum absolute atomic E-state index is 14.0. The molecule has 0 aliphatic carbocycles. The topological polar surface area (TPSA) is 12.0 Å². The fourth-order valence-corrected chi connectivity index (χ4v) is 3.50. The third kappa shape index (κ3) is 3.59. The van der Waals surface area contributed by atoms with Crippen LogP contribution in [-0.2, 0) is 0 Å². The van der Waals surface area contributed by atoms with Gasteiger partial charge in [-0.2, -0.15) is 0 Å². The van der Waals surface area contributed by atoms with Gasteiger partial charge in [0.2, 0.25) is 0 Å². The Morgan fingerprint density at radius 1 is 1.21 bits per heavy atom. The van der Waals surface area contributed by atoms with Crippen molar-refractivity contribution in [1.82, 2.24) is 5.32 Å². The van der Waals surface area contributed by atoms with Gasteiger partial charge in [0.15, 0.2) is 0 Å². The Labute approximate surface area is 125 Å². The average molecular weight is 340 g/mol. The van der Waals surface area contributed by atoms with Crippen molar-refractivity contribution >= 4 is 27.7 Å². The Balaban J connectivity index is 2.37. The van der Waals surface area contributed by atoms with Crippen LogP contribution >= 0.6 is 27.7 Å². The molecular formula is C15H15BrFNS. The lowest BCUT2D eigenvalue weighted by Gasteiger charge is -2.16. The molecule has 0 bridgehead atoms. The summed E-state index contributed by atoms with van der Waals surface area (Å²) >= 11 is 5.03. The zero-order chi connectivity index (χ0) is 13.8. The number of hydrogen-bond donors (Lipinski definition) is 1. The first-order chi connectivity index (χ1) is 9.11. The molecule has 4 heteroatoms. The lowest BCUT2D eigenvalue weighted by molar-refractivity contribution is 0.552. The van der Waals surface area contributed by atoms with Crippen LogP contribution in [0.3, 0.4) is 0 Å². The molecule has 0 radical (unpaired) electrons. The predicted octanol–water partition coefficient (Wildman–Crippen LogP) is 5.02. The summed E-state index contributed by atoms with van der Waals surface area (Å²) < 4.78 is 15.0. The summed E-state index contributed by atoms with van der Waals surface area (Å²) in [4.78, 5) is 2.03. The Morgan fingerprint density at radius 2 is 1.95 bits per heavy atom. The number of benzene rings is 2. The molecule has 0 saturated heterocycles. The highest BCUT2D eigenvalue weighted by Gasteiger charge is 2.15. The van der Waals surface area contributed by atoms with E-state index < -0.39 is 0 Å². The van der Waals surface area contributed by atoms with Gasteiger partial charge >= 0.3 is 0 Å². The van der Waals surface area contributed by atoms with E-state index in [-0.39, 0.29) is 11.9 Å². The average Bonchev–Trinajstić information content (AvgIpc) is 2.38. The van der Waals surface area contributed by atoms with Crippen LogP contribution in [0.4, 0.5) is 4.39 Å². The van der Waals surface area contributed by atoms with Crippen molar-refractivity contribution in [2.24, 2.45) is 0 Å². The Kier molecular flexibility index (Phi) is 5.02. The van der Waals surface area contributed by atoms with Gasteiger partial charge in [0.25, 0.3) is 0 Å². The molecule has 0 aromatic heterocycles. The first-order valence-electron chi connectivity index (χ1n) is 6.01. The molecule has 2 rings (SSSR count). The van der Waals surface area contributed by atoms with Crippen LogP contribution in [-0.4, -0.2) is 7.05 Å². The van der Waals surface area contributed by atoms with E-state index >= 15 is 0 Å². The summed E-state index contributed by atoms with van der Waals surface area (Å²) in [5, 5.41) is 3.10. The molecule has 1 atom stereocenters. The highest BCUT2D eigenvalue weighted by molar-refractivity contribution is 9.10. The molecule has 0 fully saturated rings. The van der Waals surface area contributed by atoms with Crippen LogP contribution in [0.15, 0.2) is 56.7 Å². The van der Waals surface area contributed by atoms with Gasteiger partial charge in [-0.3, -0.25) is 0 Å². The van der Waals surface area contributed by atoms with Crippen molar-refractivity contribution in [3.05, 3.63) is 58.3 Å². The van der Waals surface area contributed by atoms with Gasteiger partial charge in [-0.15, -0.1) is 0 Å². The van der Waals surface area contributed by atoms with E-state index in [2.05, 4.69) is 21.2 Å². The number of nitrogens with one attached hydrogen (secondary N) is 1. The third-order valence-electron chi connectivity index (χ3n) is 2.90. The smallest absolute Gasteiger partial charge is 0.129 e. The van der Waals surface area contributed by atoms with Gasteiger partial charge in [0.05, 0.1) is 0 Å². The van der Waals surface area contributed by atoms with E-state index in [1.807, 2.05) is 44.3 Å². The lowest BCUT2D eigenvalue weighted by atomic mass is 10.1. The van der Waals surface area contributed by atoms with Gasteiger partial charge in [0, 0.05) is 25.9 Å². The molecule has 1 N–H and O–H groups in total. The highest BCUT2D eigenvalue weighted by atomic mass is 79.9. The summed E-state index contributed by atoms with van der Waals surface area (Å²) in [6.45, 7) is 1.96. The van der Waals surface area contributed by atoms with Crippen LogP contribution in [0, 0.1) is 5.82 Å². The predicted molar refractivity (Wildman–Crippen MR) is 82.1 cm³/mol. The number of halogens is 2. The van der Waals surface area contributed by atoms with Gasteiger partial charge in [0.1, 0.15) is 5.82 Å². The maximum Gasteiger partial charge on any atom is 0.129 e. The van der Waals surface area contributed by atoms with Gasteiger partial charge in [-0.1, -0.05) is 39.8 Å².